The molecule has 2 aromatic carbocycles. The number of benzene rings is 2. The van der Waals surface area contributed by atoms with Gasteiger partial charge >= 0.3 is 6.18 Å². The molecule has 11 heteroatoms. The Labute approximate surface area is 217 Å². The minimum atomic E-state index is -4.54. The Hall–Kier alpha value is -3.73. The minimum Gasteiger partial charge on any atom is -0.488 e. The molecule has 2 atom stereocenters. The minimum absolute atomic E-state index is 0.0280. The van der Waals surface area contributed by atoms with Crippen LogP contribution < -0.4 is 9.64 Å². The summed E-state index contributed by atoms with van der Waals surface area (Å²) in [6.45, 7) is 3.91. The normalized spacial score (nSPS) is 18.6. The molecule has 3 heterocycles. The van der Waals surface area contributed by atoms with Crippen molar-refractivity contribution in [2.75, 3.05) is 31.6 Å². The van der Waals surface area contributed by atoms with E-state index in [1.54, 1.807) is 16.8 Å². The second-order valence-corrected chi connectivity index (χ2v) is 9.40. The van der Waals surface area contributed by atoms with Gasteiger partial charge in [0.25, 0.3) is 0 Å². The third-order valence-corrected chi connectivity index (χ3v) is 6.88. The number of aromatic nitrogens is 4. The van der Waals surface area contributed by atoms with Gasteiger partial charge in [0, 0.05) is 45.0 Å². The highest BCUT2D eigenvalue weighted by molar-refractivity contribution is 5.72. The number of piperidine rings is 1. The fourth-order valence-electron chi connectivity index (χ4n) is 4.79. The summed E-state index contributed by atoms with van der Waals surface area (Å²) in [6, 6.07) is 12.4. The second kappa shape index (κ2) is 10.6. The SMILES string of the molecule is CCN1CC(N(C)c2nnc(-c3ccc(C(F)(F)F)cc3OCc3ccccc3)n3ccnc23)C[C@@H](F)C1. The molecule has 38 heavy (non-hydrogen) atoms. The Morgan fingerprint density at radius 1 is 1.08 bits per heavy atom. The monoisotopic (exact) mass is 528 g/mol. The van der Waals surface area contributed by atoms with Crippen LogP contribution in [-0.2, 0) is 12.8 Å². The van der Waals surface area contributed by atoms with Gasteiger partial charge in [-0.1, -0.05) is 37.3 Å². The topological polar surface area (TPSA) is 58.8 Å². The zero-order valence-corrected chi connectivity index (χ0v) is 21.1. The number of hydrogen-bond acceptors (Lipinski definition) is 6. The average Bonchev–Trinajstić information content (AvgIpc) is 3.41. The maximum Gasteiger partial charge on any atom is 0.416 e. The number of hydrogen-bond donors (Lipinski definition) is 0. The summed E-state index contributed by atoms with van der Waals surface area (Å²) in [5.74, 6) is 0.779. The molecule has 2 aromatic heterocycles. The van der Waals surface area contributed by atoms with Gasteiger partial charge in [-0.05, 0) is 30.3 Å². The predicted molar refractivity (Wildman–Crippen MR) is 136 cm³/mol. The van der Waals surface area contributed by atoms with Crippen LogP contribution in [-0.4, -0.2) is 63.4 Å². The van der Waals surface area contributed by atoms with Gasteiger partial charge in [0.15, 0.2) is 17.3 Å². The van der Waals surface area contributed by atoms with E-state index in [4.69, 9.17) is 4.74 Å². The Morgan fingerprint density at radius 3 is 2.61 bits per heavy atom. The first-order valence-electron chi connectivity index (χ1n) is 12.4. The van der Waals surface area contributed by atoms with E-state index in [1.807, 2.05) is 49.2 Å². The Kier molecular flexibility index (Phi) is 7.20. The summed E-state index contributed by atoms with van der Waals surface area (Å²) < 4.78 is 62.6. The number of fused-ring (bicyclic) bond motifs is 1. The second-order valence-electron chi connectivity index (χ2n) is 9.40. The fourth-order valence-corrected chi connectivity index (χ4v) is 4.79. The molecule has 1 fully saturated rings. The molecule has 1 saturated heterocycles. The zero-order valence-electron chi connectivity index (χ0n) is 21.1. The maximum atomic E-state index is 14.4. The van der Waals surface area contributed by atoms with Gasteiger partial charge in [0.1, 0.15) is 18.5 Å². The number of anilines is 1. The lowest BCUT2D eigenvalue weighted by Gasteiger charge is -2.39. The first-order valence-corrected chi connectivity index (χ1v) is 12.4. The number of rotatable bonds is 7. The summed E-state index contributed by atoms with van der Waals surface area (Å²) in [6.07, 6.45) is -1.88. The highest BCUT2D eigenvalue weighted by Crippen LogP contribution is 2.37. The summed E-state index contributed by atoms with van der Waals surface area (Å²) in [4.78, 5) is 8.39. The number of ether oxygens (including phenoxy) is 1. The van der Waals surface area contributed by atoms with E-state index in [9.17, 15) is 17.6 Å². The van der Waals surface area contributed by atoms with Crippen LogP contribution in [0.15, 0.2) is 60.9 Å². The highest BCUT2D eigenvalue weighted by atomic mass is 19.4. The molecule has 0 amide bonds. The molecule has 1 aliphatic rings. The molecular weight excluding hydrogens is 500 g/mol. The lowest BCUT2D eigenvalue weighted by atomic mass is 10.0. The summed E-state index contributed by atoms with van der Waals surface area (Å²) in [5, 5.41) is 8.80. The summed E-state index contributed by atoms with van der Waals surface area (Å²) in [7, 11) is 1.83. The zero-order chi connectivity index (χ0) is 26.9. The molecule has 0 saturated carbocycles. The van der Waals surface area contributed by atoms with Crippen LogP contribution in [0.2, 0.25) is 0 Å². The largest absolute Gasteiger partial charge is 0.488 e. The van der Waals surface area contributed by atoms with Crippen LogP contribution in [0.25, 0.3) is 17.0 Å². The van der Waals surface area contributed by atoms with Crippen molar-refractivity contribution in [3.63, 3.8) is 0 Å². The number of halogens is 4. The Morgan fingerprint density at radius 2 is 1.87 bits per heavy atom. The van der Waals surface area contributed by atoms with Crippen LogP contribution in [0.5, 0.6) is 5.75 Å². The van der Waals surface area contributed by atoms with Crippen molar-refractivity contribution in [3.8, 4) is 17.1 Å². The maximum absolute atomic E-state index is 14.4. The van der Waals surface area contributed by atoms with E-state index in [0.717, 1.165) is 24.2 Å². The molecular formula is C27H28F4N6O. The van der Waals surface area contributed by atoms with E-state index in [1.165, 1.54) is 6.07 Å². The van der Waals surface area contributed by atoms with Gasteiger partial charge < -0.3 is 9.64 Å². The first kappa shape index (κ1) is 25.9. The molecule has 0 aliphatic carbocycles. The molecule has 0 bridgehead atoms. The van der Waals surface area contributed by atoms with Gasteiger partial charge in [-0.15, -0.1) is 10.2 Å². The van der Waals surface area contributed by atoms with Crippen LogP contribution >= 0.6 is 0 Å². The van der Waals surface area contributed by atoms with Crippen molar-refractivity contribution >= 4 is 11.5 Å². The van der Waals surface area contributed by atoms with Crippen LogP contribution in [0.3, 0.4) is 0 Å². The first-order chi connectivity index (χ1) is 18.2. The third-order valence-electron chi connectivity index (χ3n) is 6.88. The molecule has 0 N–H and O–H groups in total. The number of imidazole rings is 1. The molecule has 5 rings (SSSR count). The quantitative estimate of drug-likeness (QED) is 0.305. The predicted octanol–water partition coefficient (Wildman–Crippen LogP) is 5.26. The third kappa shape index (κ3) is 5.28. The van der Waals surface area contributed by atoms with Gasteiger partial charge in [0.05, 0.1) is 11.1 Å². The van der Waals surface area contributed by atoms with Crippen molar-refractivity contribution in [2.45, 2.75) is 38.3 Å². The van der Waals surface area contributed by atoms with Crippen molar-refractivity contribution in [2.24, 2.45) is 0 Å². The smallest absolute Gasteiger partial charge is 0.416 e. The Bertz CT molecular complexity index is 1390. The van der Waals surface area contributed by atoms with Crippen molar-refractivity contribution < 1.29 is 22.3 Å². The van der Waals surface area contributed by atoms with E-state index >= 15 is 0 Å². The van der Waals surface area contributed by atoms with Crippen LogP contribution in [0.1, 0.15) is 24.5 Å². The van der Waals surface area contributed by atoms with E-state index in [-0.39, 0.29) is 24.2 Å². The molecule has 0 radical (unpaired) electrons. The molecule has 1 unspecified atom stereocenters. The van der Waals surface area contributed by atoms with Crippen LogP contribution in [0.4, 0.5) is 23.4 Å². The van der Waals surface area contributed by atoms with Gasteiger partial charge in [-0.3, -0.25) is 9.30 Å². The molecule has 4 aromatic rings. The van der Waals surface area contributed by atoms with Crippen molar-refractivity contribution in [1.29, 1.82) is 0 Å². The van der Waals surface area contributed by atoms with E-state index < -0.39 is 17.9 Å². The average molecular weight is 529 g/mol. The van der Waals surface area contributed by atoms with Crippen LogP contribution in [0, 0.1) is 0 Å². The lowest BCUT2D eigenvalue weighted by molar-refractivity contribution is -0.137. The Balaban J connectivity index is 1.52. The van der Waals surface area contributed by atoms with Crippen molar-refractivity contribution in [1.82, 2.24) is 24.5 Å². The molecule has 0 spiro atoms. The number of nitrogens with zero attached hydrogens (tertiary/aromatic N) is 6. The standard InChI is InChI=1S/C27H28F4N6O/c1-3-36-15-20(28)14-21(16-36)35(2)26-25-32-11-12-37(25)24(33-34-26)22-10-9-19(27(29,30)31)13-23(22)38-17-18-7-5-4-6-8-18/h4-13,20-21H,3,14-17H2,1-2H3/t20-,21?/m1/s1. The van der Waals surface area contributed by atoms with Gasteiger partial charge in [-0.2, -0.15) is 13.2 Å². The molecule has 1 aliphatic heterocycles. The summed E-state index contributed by atoms with van der Waals surface area (Å²) in [5.41, 5.74) is 0.799. The van der Waals surface area contributed by atoms with Gasteiger partial charge in [0.2, 0.25) is 0 Å². The summed E-state index contributed by atoms with van der Waals surface area (Å²) >= 11 is 0. The number of alkyl halides is 4. The van der Waals surface area contributed by atoms with Crippen molar-refractivity contribution in [3.05, 3.63) is 72.1 Å². The number of likely N-dealkylation sites (N-methyl/N-ethyl adjacent to an activating group) is 2. The molecule has 7 nitrogen and oxygen atoms in total. The fraction of sp³-hybridized carbons (Fsp3) is 0.370. The highest BCUT2D eigenvalue weighted by Gasteiger charge is 2.33. The number of likely N-dealkylation sites (tertiary alicyclic amines) is 1. The lowest BCUT2D eigenvalue weighted by Crippen LogP contribution is -2.51. The van der Waals surface area contributed by atoms with Gasteiger partial charge in [-0.25, -0.2) is 9.37 Å². The molecule has 200 valence electrons. The van der Waals surface area contributed by atoms with E-state index in [2.05, 4.69) is 20.1 Å². The van der Waals surface area contributed by atoms with E-state index in [0.29, 0.717) is 36.5 Å².